The van der Waals surface area contributed by atoms with Gasteiger partial charge in [0.2, 0.25) is 5.95 Å². The monoisotopic (exact) mass is 571 g/mol. The lowest BCUT2D eigenvalue weighted by Gasteiger charge is -2.22. The molecule has 0 amide bonds. The molecule has 0 saturated heterocycles. The van der Waals surface area contributed by atoms with Gasteiger partial charge in [-0.2, -0.15) is 14.4 Å². The highest BCUT2D eigenvalue weighted by Crippen LogP contribution is 2.42. The number of benzene rings is 3. The van der Waals surface area contributed by atoms with Crippen LogP contribution < -0.4 is 20.1 Å². The molecule has 10 nitrogen and oxygen atoms in total. The molecule has 5 rings (SSSR count). The van der Waals surface area contributed by atoms with Gasteiger partial charge in [0, 0.05) is 30.3 Å². The second-order valence-electron chi connectivity index (χ2n) is 9.82. The largest absolute Gasteiger partial charge is 0.507 e. The van der Waals surface area contributed by atoms with Crippen molar-refractivity contribution in [3.63, 3.8) is 0 Å². The molecule has 0 fully saturated rings. The Balaban J connectivity index is 1.35. The van der Waals surface area contributed by atoms with Crippen molar-refractivity contribution in [1.29, 1.82) is 0 Å². The summed E-state index contributed by atoms with van der Waals surface area (Å²) in [4.78, 5) is 40.0. The Bertz CT molecular complexity index is 1640. The number of nitrogens with zero attached hydrogens (tertiary/aromatic N) is 4. The fourth-order valence-corrected chi connectivity index (χ4v) is 4.69. The van der Waals surface area contributed by atoms with Gasteiger partial charge < -0.3 is 25.2 Å². The Morgan fingerprint density at radius 3 is 2.00 bits per heavy atom. The number of carbonyl (C=O) groups is 2. The molecule has 11 heteroatoms. The number of nitrogen functional groups attached to an aromatic ring is 1. The van der Waals surface area contributed by atoms with Gasteiger partial charge in [0.1, 0.15) is 17.2 Å². The molecule has 1 aliphatic carbocycles. The first-order valence-corrected chi connectivity index (χ1v) is 13.8. The Morgan fingerprint density at radius 2 is 1.40 bits per heavy atom. The van der Waals surface area contributed by atoms with Gasteiger partial charge in [-0.15, -0.1) is 4.98 Å². The van der Waals surface area contributed by atoms with Crippen molar-refractivity contribution in [2.45, 2.75) is 39.5 Å². The minimum absolute atomic E-state index is 0.00359. The number of nitrogens with two attached hydrogens (primary N) is 1. The van der Waals surface area contributed by atoms with Crippen LogP contribution in [-0.4, -0.2) is 44.7 Å². The predicted molar refractivity (Wildman–Crippen MR) is 154 cm³/mol. The van der Waals surface area contributed by atoms with Gasteiger partial charge in [-0.1, -0.05) is 51.0 Å². The number of ketones is 2. The maximum absolute atomic E-state index is 14.3. The average molecular weight is 572 g/mol. The van der Waals surface area contributed by atoms with Gasteiger partial charge in [-0.3, -0.25) is 9.59 Å². The van der Waals surface area contributed by atoms with Gasteiger partial charge in [0.15, 0.2) is 17.3 Å². The molecule has 216 valence electrons. The maximum atomic E-state index is 14.3. The third kappa shape index (κ3) is 5.71. The molecule has 0 aliphatic heterocycles. The zero-order valence-corrected chi connectivity index (χ0v) is 23.3. The minimum Gasteiger partial charge on any atom is -0.507 e. The predicted octanol–water partition coefficient (Wildman–Crippen LogP) is 6.07. The molecule has 0 radical (unpaired) electrons. The maximum Gasteiger partial charge on any atom is 0.329 e. The number of hydrogen-bond donors (Lipinski definition) is 2. The number of halogens is 1. The zero-order chi connectivity index (χ0) is 29.8. The second kappa shape index (κ2) is 12.2. The van der Waals surface area contributed by atoms with Crippen LogP contribution >= 0.6 is 0 Å². The van der Waals surface area contributed by atoms with Gasteiger partial charge in [0.05, 0.1) is 16.8 Å². The molecule has 1 heterocycles. The molecule has 0 unspecified atom stereocenters. The number of aromatic hydroxyl groups is 1. The van der Waals surface area contributed by atoms with Crippen LogP contribution in [0.5, 0.6) is 29.0 Å². The van der Waals surface area contributed by atoms with E-state index in [0.717, 1.165) is 25.7 Å². The van der Waals surface area contributed by atoms with Crippen LogP contribution in [0.3, 0.4) is 0 Å². The quantitative estimate of drug-likeness (QED) is 0.142. The summed E-state index contributed by atoms with van der Waals surface area (Å²) in [5, 5.41) is 10.7. The fraction of sp³-hybridized carbons (Fsp3) is 0.258. The normalized spacial score (nSPS) is 12.1. The minimum atomic E-state index is -0.939. The Kier molecular flexibility index (Phi) is 8.28. The number of phenols is 1. The van der Waals surface area contributed by atoms with Gasteiger partial charge in [-0.25, -0.2) is 0 Å². The molecular weight excluding hydrogens is 541 g/mol. The third-order valence-electron chi connectivity index (χ3n) is 6.86. The highest BCUT2D eigenvalue weighted by atomic mass is 19.1. The number of hydrogen-bond acceptors (Lipinski definition) is 10. The van der Waals surface area contributed by atoms with Gasteiger partial charge >= 0.3 is 12.1 Å². The van der Waals surface area contributed by atoms with Crippen LogP contribution in [0, 0.1) is 6.08 Å². The smallest absolute Gasteiger partial charge is 0.329 e. The molecule has 0 saturated carbocycles. The lowest BCUT2D eigenvalue weighted by molar-refractivity contribution is 0.0977. The number of carbonyl (C=O) groups excluding carboxylic acids is 2. The van der Waals surface area contributed by atoms with E-state index in [-0.39, 0.29) is 45.6 Å². The molecule has 4 aromatic rings. The fourth-order valence-electron chi connectivity index (χ4n) is 4.69. The molecule has 3 aromatic carbocycles. The summed E-state index contributed by atoms with van der Waals surface area (Å²) in [6.07, 6.45) is 2.85. The molecule has 0 atom stereocenters. The first-order chi connectivity index (χ1) is 20.3. The van der Waals surface area contributed by atoms with E-state index in [1.54, 1.807) is 36.4 Å². The lowest BCUT2D eigenvalue weighted by Crippen LogP contribution is -2.28. The Morgan fingerprint density at radius 1 is 0.833 bits per heavy atom. The first kappa shape index (κ1) is 28.5. The number of ether oxygens (including phenoxy) is 2. The van der Waals surface area contributed by atoms with Crippen LogP contribution in [0.4, 0.5) is 16.0 Å². The van der Waals surface area contributed by atoms with E-state index in [1.165, 1.54) is 18.2 Å². The Hall–Kier alpha value is -5.06. The van der Waals surface area contributed by atoms with Gasteiger partial charge in [-0.05, 0) is 37.1 Å². The van der Waals surface area contributed by atoms with E-state index in [9.17, 15) is 19.1 Å². The Labute approximate surface area is 242 Å². The summed E-state index contributed by atoms with van der Waals surface area (Å²) in [6, 6.07) is 13.6. The van der Waals surface area contributed by atoms with E-state index in [4.69, 9.17) is 15.2 Å². The van der Waals surface area contributed by atoms with Crippen LogP contribution in [0.15, 0.2) is 54.6 Å². The molecule has 3 N–H and O–H groups in total. The summed E-state index contributed by atoms with van der Waals surface area (Å²) in [5.74, 6) is -0.547. The molecule has 42 heavy (non-hydrogen) atoms. The third-order valence-corrected chi connectivity index (χ3v) is 6.86. The first-order valence-electron chi connectivity index (χ1n) is 13.8. The number of unbranched alkanes of at least 4 members (excludes halogenated alkanes) is 2. The zero-order valence-electron chi connectivity index (χ0n) is 23.3. The van der Waals surface area contributed by atoms with Crippen molar-refractivity contribution in [3.05, 3.63) is 82.9 Å². The molecular formula is C31H30FN5O5. The number of phenolic OH excluding ortho intramolecular Hbond substituents is 1. The van der Waals surface area contributed by atoms with Crippen molar-refractivity contribution < 1.29 is 28.6 Å². The molecule has 1 aromatic heterocycles. The van der Waals surface area contributed by atoms with Crippen LogP contribution in [0.1, 0.15) is 71.4 Å². The van der Waals surface area contributed by atoms with Crippen molar-refractivity contribution in [2.75, 3.05) is 23.7 Å². The van der Waals surface area contributed by atoms with E-state index in [0.29, 0.717) is 24.6 Å². The summed E-state index contributed by atoms with van der Waals surface area (Å²) in [7, 11) is 0. The van der Waals surface area contributed by atoms with Crippen molar-refractivity contribution >= 4 is 23.2 Å². The van der Waals surface area contributed by atoms with Crippen molar-refractivity contribution in [1.82, 2.24) is 15.0 Å². The number of rotatable bonds is 11. The highest BCUT2D eigenvalue weighted by molar-refractivity contribution is 6.31. The number of anilines is 2. The van der Waals surface area contributed by atoms with Crippen LogP contribution in [0.2, 0.25) is 0 Å². The molecule has 1 aliphatic rings. The van der Waals surface area contributed by atoms with E-state index in [1.807, 2.05) is 4.90 Å². The summed E-state index contributed by atoms with van der Waals surface area (Å²) in [5.41, 5.74) is 6.36. The number of fused-ring (bicyclic) bond motifs is 2. The SMILES string of the molecule is CCCCN(CCCC)c1nc(F)nc(Oc2ccc(Oc3cc(O)c4c(c3N)C(=O)c3ccccc3C4=O)cc2)n1. The summed E-state index contributed by atoms with van der Waals surface area (Å²) in [6.45, 7) is 5.55. The van der Waals surface area contributed by atoms with E-state index in [2.05, 4.69) is 28.8 Å². The van der Waals surface area contributed by atoms with E-state index >= 15 is 0 Å². The summed E-state index contributed by atoms with van der Waals surface area (Å²) < 4.78 is 25.9. The number of aromatic nitrogens is 3. The van der Waals surface area contributed by atoms with Crippen molar-refractivity contribution in [3.8, 4) is 29.0 Å². The second-order valence-corrected chi connectivity index (χ2v) is 9.82. The standard InChI is InChI=1S/C31H30FN5O5/c1-3-5-15-37(16-6-4-2)30-34-29(32)35-31(36-30)42-19-13-11-18(12-14-19)41-23-17-22(38)24-25(26(23)33)28(40)21-10-8-7-9-20(21)27(24)39/h7-14,17,38H,3-6,15-16,33H2,1-2H3. The van der Waals surface area contributed by atoms with Crippen LogP contribution in [-0.2, 0) is 0 Å². The topological polar surface area (TPSA) is 141 Å². The average Bonchev–Trinajstić information content (AvgIpc) is 2.98. The van der Waals surface area contributed by atoms with E-state index < -0.39 is 23.4 Å². The molecule has 0 bridgehead atoms. The van der Waals surface area contributed by atoms with Crippen LogP contribution in [0.25, 0.3) is 0 Å². The van der Waals surface area contributed by atoms with Crippen molar-refractivity contribution in [2.24, 2.45) is 0 Å². The highest BCUT2D eigenvalue weighted by Gasteiger charge is 2.35. The molecule has 0 spiro atoms. The van der Waals surface area contributed by atoms with Gasteiger partial charge in [0.25, 0.3) is 0 Å². The lowest BCUT2D eigenvalue weighted by atomic mass is 9.82. The summed E-state index contributed by atoms with van der Waals surface area (Å²) >= 11 is 0.